The number of rotatable bonds is 2. The van der Waals surface area contributed by atoms with Crippen molar-refractivity contribution in [1.82, 2.24) is 10.3 Å². The Kier molecular flexibility index (Phi) is 3.44. The Morgan fingerprint density at radius 1 is 1.60 bits per heavy atom. The van der Waals surface area contributed by atoms with E-state index in [0.29, 0.717) is 6.04 Å². The Hall–Kier alpha value is -0.800. The molecule has 0 aromatic carbocycles. The second kappa shape index (κ2) is 4.81. The van der Waals surface area contributed by atoms with Crippen molar-refractivity contribution in [2.75, 3.05) is 25.0 Å². The highest BCUT2D eigenvalue weighted by atomic mass is 35.5. The molecule has 4 heteroatoms. The van der Waals surface area contributed by atoms with E-state index in [0.717, 1.165) is 23.8 Å². The number of piperidine rings is 1. The third-order valence-corrected chi connectivity index (χ3v) is 3.24. The van der Waals surface area contributed by atoms with E-state index in [1.807, 2.05) is 6.07 Å². The minimum absolute atomic E-state index is 0.540. The number of hydrogen-bond donors (Lipinski definition) is 1. The molecular formula is C11H16ClN3. The van der Waals surface area contributed by atoms with Gasteiger partial charge in [0.2, 0.25) is 0 Å². The predicted octanol–water partition coefficient (Wildman–Crippen LogP) is 1.92. The van der Waals surface area contributed by atoms with Crippen LogP contribution in [0.4, 0.5) is 5.69 Å². The molecule has 82 valence electrons. The first kappa shape index (κ1) is 10.7. The molecule has 0 amide bonds. The van der Waals surface area contributed by atoms with Crippen LogP contribution in [0.15, 0.2) is 18.5 Å². The molecule has 1 aliphatic heterocycles. The molecule has 1 atom stereocenters. The molecule has 1 N–H and O–H groups in total. The maximum atomic E-state index is 6.11. The van der Waals surface area contributed by atoms with E-state index in [1.54, 1.807) is 12.4 Å². The molecule has 0 radical (unpaired) electrons. The third-order valence-electron chi connectivity index (χ3n) is 2.95. The highest BCUT2D eigenvalue weighted by molar-refractivity contribution is 6.33. The molecule has 1 fully saturated rings. The molecule has 1 aromatic rings. The van der Waals surface area contributed by atoms with Crippen molar-refractivity contribution < 1.29 is 0 Å². The molecule has 0 spiro atoms. The lowest BCUT2D eigenvalue weighted by Gasteiger charge is -2.33. The molecule has 3 nitrogen and oxygen atoms in total. The Morgan fingerprint density at radius 3 is 3.13 bits per heavy atom. The van der Waals surface area contributed by atoms with Crippen LogP contribution in [0.25, 0.3) is 0 Å². The standard InChI is InChI=1S/C11H16ClN3/c1-15(9-3-2-5-13-7-9)11-4-6-14-8-10(11)12/h4,6,8-9,13H,2-3,5,7H2,1H3. The van der Waals surface area contributed by atoms with Gasteiger partial charge in [-0.2, -0.15) is 0 Å². The van der Waals surface area contributed by atoms with E-state index in [4.69, 9.17) is 11.6 Å². The van der Waals surface area contributed by atoms with Crippen molar-refractivity contribution in [3.05, 3.63) is 23.5 Å². The van der Waals surface area contributed by atoms with E-state index < -0.39 is 0 Å². The summed E-state index contributed by atoms with van der Waals surface area (Å²) in [6, 6.07) is 2.51. The number of halogens is 1. The summed E-state index contributed by atoms with van der Waals surface area (Å²) in [4.78, 5) is 6.24. The molecule has 1 aliphatic rings. The first-order valence-electron chi connectivity index (χ1n) is 5.32. The summed E-state index contributed by atoms with van der Waals surface area (Å²) >= 11 is 6.11. The monoisotopic (exact) mass is 225 g/mol. The Labute approximate surface area is 95.4 Å². The number of hydrogen-bond acceptors (Lipinski definition) is 3. The Morgan fingerprint density at radius 2 is 2.47 bits per heavy atom. The van der Waals surface area contributed by atoms with E-state index in [2.05, 4.69) is 22.2 Å². The van der Waals surface area contributed by atoms with Gasteiger partial charge in [0.15, 0.2) is 0 Å². The van der Waals surface area contributed by atoms with Crippen molar-refractivity contribution in [3.63, 3.8) is 0 Å². The van der Waals surface area contributed by atoms with Gasteiger partial charge in [-0.1, -0.05) is 11.6 Å². The van der Waals surface area contributed by atoms with Gasteiger partial charge in [0.25, 0.3) is 0 Å². The Balaban J connectivity index is 2.12. The van der Waals surface area contributed by atoms with Crippen molar-refractivity contribution in [1.29, 1.82) is 0 Å². The highest BCUT2D eigenvalue weighted by Crippen LogP contribution is 2.26. The molecule has 0 bridgehead atoms. The van der Waals surface area contributed by atoms with E-state index in [1.165, 1.54) is 12.8 Å². The number of likely N-dealkylation sites (N-methyl/N-ethyl adjacent to an activating group) is 1. The van der Waals surface area contributed by atoms with Crippen molar-refractivity contribution in [2.24, 2.45) is 0 Å². The van der Waals surface area contributed by atoms with Gasteiger partial charge in [0.05, 0.1) is 10.7 Å². The lowest BCUT2D eigenvalue weighted by molar-refractivity contribution is 0.445. The number of nitrogens with one attached hydrogen (secondary N) is 1. The average Bonchev–Trinajstić information content (AvgIpc) is 2.30. The maximum absolute atomic E-state index is 6.11. The molecular weight excluding hydrogens is 210 g/mol. The van der Waals surface area contributed by atoms with Crippen LogP contribution in [-0.2, 0) is 0 Å². The minimum Gasteiger partial charge on any atom is -0.369 e. The fourth-order valence-electron chi connectivity index (χ4n) is 2.01. The van der Waals surface area contributed by atoms with Gasteiger partial charge in [0.1, 0.15) is 0 Å². The number of anilines is 1. The second-order valence-electron chi connectivity index (χ2n) is 3.94. The summed E-state index contributed by atoms with van der Waals surface area (Å²) in [7, 11) is 2.10. The number of nitrogens with zero attached hydrogens (tertiary/aromatic N) is 2. The lowest BCUT2D eigenvalue weighted by atomic mass is 10.1. The molecule has 15 heavy (non-hydrogen) atoms. The molecule has 1 unspecified atom stereocenters. The SMILES string of the molecule is CN(c1ccncc1Cl)C1CCCNC1. The number of pyridine rings is 1. The highest BCUT2D eigenvalue weighted by Gasteiger charge is 2.19. The normalized spacial score (nSPS) is 21.3. The summed E-state index contributed by atoms with van der Waals surface area (Å²) in [5.74, 6) is 0. The summed E-state index contributed by atoms with van der Waals surface area (Å²) < 4.78 is 0. The molecule has 0 saturated carbocycles. The summed E-state index contributed by atoms with van der Waals surface area (Å²) in [5.41, 5.74) is 1.07. The lowest BCUT2D eigenvalue weighted by Crippen LogP contribution is -2.44. The minimum atomic E-state index is 0.540. The molecule has 0 aliphatic carbocycles. The molecule has 1 aromatic heterocycles. The van der Waals surface area contributed by atoms with Gasteiger partial charge in [-0.3, -0.25) is 4.98 Å². The summed E-state index contributed by atoms with van der Waals surface area (Å²) in [5, 5.41) is 4.13. The van der Waals surface area contributed by atoms with Gasteiger partial charge in [0, 0.05) is 32.0 Å². The Bertz CT molecular complexity index is 323. The maximum Gasteiger partial charge on any atom is 0.0822 e. The zero-order valence-electron chi connectivity index (χ0n) is 8.91. The predicted molar refractivity (Wildman–Crippen MR) is 63.5 cm³/mol. The fourth-order valence-corrected chi connectivity index (χ4v) is 2.27. The molecule has 2 heterocycles. The fraction of sp³-hybridized carbons (Fsp3) is 0.545. The zero-order chi connectivity index (χ0) is 10.7. The van der Waals surface area contributed by atoms with Crippen molar-refractivity contribution >= 4 is 17.3 Å². The van der Waals surface area contributed by atoms with Crippen LogP contribution in [0.3, 0.4) is 0 Å². The van der Waals surface area contributed by atoms with Crippen LogP contribution < -0.4 is 10.2 Å². The van der Waals surface area contributed by atoms with Crippen molar-refractivity contribution in [3.8, 4) is 0 Å². The van der Waals surface area contributed by atoms with Gasteiger partial charge < -0.3 is 10.2 Å². The van der Waals surface area contributed by atoms with Crippen LogP contribution in [-0.4, -0.2) is 31.2 Å². The van der Waals surface area contributed by atoms with Gasteiger partial charge >= 0.3 is 0 Å². The molecule has 2 rings (SSSR count). The zero-order valence-corrected chi connectivity index (χ0v) is 9.67. The average molecular weight is 226 g/mol. The van der Waals surface area contributed by atoms with Crippen LogP contribution in [0.1, 0.15) is 12.8 Å². The van der Waals surface area contributed by atoms with Crippen molar-refractivity contribution in [2.45, 2.75) is 18.9 Å². The van der Waals surface area contributed by atoms with Gasteiger partial charge in [-0.15, -0.1) is 0 Å². The largest absolute Gasteiger partial charge is 0.369 e. The van der Waals surface area contributed by atoms with E-state index >= 15 is 0 Å². The summed E-state index contributed by atoms with van der Waals surface area (Å²) in [6.45, 7) is 2.17. The first-order chi connectivity index (χ1) is 7.29. The van der Waals surface area contributed by atoms with E-state index in [-0.39, 0.29) is 0 Å². The van der Waals surface area contributed by atoms with Gasteiger partial charge in [-0.05, 0) is 25.5 Å². The second-order valence-corrected chi connectivity index (χ2v) is 4.35. The van der Waals surface area contributed by atoms with Gasteiger partial charge in [-0.25, -0.2) is 0 Å². The first-order valence-corrected chi connectivity index (χ1v) is 5.70. The van der Waals surface area contributed by atoms with Crippen LogP contribution in [0, 0.1) is 0 Å². The topological polar surface area (TPSA) is 28.2 Å². The molecule has 1 saturated heterocycles. The third kappa shape index (κ3) is 2.41. The number of aromatic nitrogens is 1. The summed E-state index contributed by atoms with van der Waals surface area (Å²) in [6.07, 6.45) is 5.94. The van der Waals surface area contributed by atoms with Crippen LogP contribution in [0.5, 0.6) is 0 Å². The smallest absolute Gasteiger partial charge is 0.0822 e. The van der Waals surface area contributed by atoms with Crippen LogP contribution >= 0.6 is 11.6 Å². The van der Waals surface area contributed by atoms with Crippen LogP contribution in [0.2, 0.25) is 5.02 Å². The quantitative estimate of drug-likeness (QED) is 0.834. The van der Waals surface area contributed by atoms with E-state index in [9.17, 15) is 0 Å².